The number of rotatable bonds is 25. The van der Waals surface area contributed by atoms with Gasteiger partial charge in [0.2, 0.25) is 0 Å². The van der Waals surface area contributed by atoms with Crippen molar-refractivity contribution in [1.29, 1.82) is 0 Å². The largest absolute Gasteiger partial charge is 0.489 e. The summed E-state index contributed by atoms with van der Waals surface area (Å²) < 4.78 is 42.4. The second-order valence-corrected chi connectivity index (χ2v) is 41.6. The molecule has 16 rings (SSSR count). The van der Waals surface area contributed by atoms with Gasteiger partial charge in [-0.2, -0.15) is 0 Å². The highest BCUT2D eigenvalue weighted by atomic mass is 127. The first-order chi connectivity index (χ1) is 56.8. The normalized spacial score (nSPS) is 11.0. The molecule has 0 amide bonds. The Labute approximate surface area is 749 Å². The minimum Gasteiger partial charge on any atom is -0.489 e. The summed E-state index contributed by atoms with van der Waals surface area (Å²) in [6, 6.07) is 150. The van der Waals surface area contributed by atoms with Gasteiger partial charge in [0.15, 0.2) is 74.4 Å². The van der Waals surface area contributed by atoms with Crippen LogP contribution in [0.5, 0.6) is 5.75 Å². The molecule has 16 aromatic carbocycles. The quantitative estimate of drug-likeness (QED) is 0.0324. The van der Waals surface area contributed by atoms with Gasteiger partial charge in [-0.15, -0.1) is 0 Å². The summed E-state index contributed by atoms with van der Waals surface area (Å²) in [5.41, 5.74) is 6.19. The number of sulfone groups is 1. The highest BCUT2D eigenvalue weighted by molar-refractivity contribution is 14.1. The van der Waals surface area contributed by atoms with Gasteiger partial charge in [0.1, 0.15) is 12.4 Å². The van der Waals surface area contributed by atoms with Crippen LogP contribution in [-0.2, 0) is 90.1 Å². The maximum atomic E-state index is 12.9. The predicted molar refractivity (Wildman–Crippen MR) is 514 cm³/mol. The van der Waals surface area contributed by atoms with E-state index in [1.807, 2.05) is 133 Å². The molecule has 5 nitrogen and oxygen atoms in total. The minimum atomic E-state index is -3.40. The van der Waals surface area contributed by atoms with Crippen LogP contribution in [0, 0.1) is 14.3 Å². The van der Waals surface area contributed by atoms with Gasteiger partial charge in [-0.05, 0) is 349 Å². The third-order valence-electron chi connectivity index (χ3n) is 18.2. The fourth-order valence-electron chi connectivity index (χ4n) is 12.4. The van der Waals surface area contributed by atoms with Crippen molar-refractivity contribution in [3.05, 3.63) is 484 Å². The van der Waals surface area contributed by atoms with Gasteiger partial charge in [-0.3, -0.25) is 4.79 Å². The molecular weight excluding hydrogens is 1970 g/mol. The number of carbonyl (C=O) groups excluding carboxylic acids is 1. The van der Waals surface area contributed by atoms with Crippen LogP contribution >= 0.6 is 90.4 Å². The smallest absolute Gasteiger partial charge is 0.182 e. The van der Waals surface area contributed by atoms with E-state index in [9.17, 15) is 13.2 Å². The first-order valence-corrected chi connectivity index (χ1v) is 48.4. The molecule has 0 heterocycles. The first kappa shape index (κ1) is 85.1. The molecule has 574 valence electrons. The maximum absolute atomic E-state index is 12.9. The van der Waals surface area contributed by atoms with Gasteiger partial charge >= 0.3 is 0 Å². The maximum Gasteiger partial charge on any atom is 0.182 e. The van der Waals surface area contributed by atoms with Crippen LogP contribution < -0.4 is 4.74 Å². The van der Waals surface area contributed by atoms with Crippen molar-refractivity contribution in [3.8, 4) is 5.75 Å². The third kappa shape index (κ3) is 25.1. The number of hydrogen-bond acceptors (Lipinski definition) is 5. The van der Waals surface area contributed by atoms with Crippen LogP contribution in [0.25, 0.3) is 0 Å². The van der Waals surface area contributed by atoms with E-state index in [1.165, 1.54) is 81.3 Å². The van der Waals surface area contributed by atoms with E-state index in [1.54, 1.807) is 12.1 Å². The minimum absolute atomic E-state index is 0.00630. The Bertz CT molecular complexity index is 5590. The van der Waals surface area contributed by atoms with Crippen LogP contribution in [0.3, 0.4) is 0 Å². The van der Waals surface area contributed by atoms with E-state index in [2.05, 4.69) is 382 Å². The van der Waals surface area contributed by atoms with Crippen molar-refractivity contribution in [1.82, 2.24) is 0 Å². The Kier molecular flexibility index (Phi) is 32.4. The topological polar surface area (TPSA) is 69.7 Å². The summed E-state index contributed by atoms with van der Waals surface area (Å²) in [4.78, 5) is 28.3. The summed E-state index contributed by atoms with van der Waals surface area (Å²) in [6.07, 6.45) is 0.430. The van der Waals surface area contributed by atoms with Crippen LogP contribution in [0.15, 0.2) is 500 Å². The molecule has 116 heavy (non-hydrogen) atoms. The lowest BCUT2D eigenvalue weighted by atomic mass is 10.0. The van der Waals surface area contributed by atoms with Gasteiger partial charge in [0.05, 0.1) is 67.4 Å². The van der Waals surface area contributed by atoms with Crippen LogP contribution in [0.2, 0.25) is 0 Å². The highest BCUT2D eigenvalue weighted by Gasteiger charge is 2.33. The number of hydrogen-bond donors (Lipinski definition) is 0. The third-order valence-corrected chi connectivity index (χ3v) is 31.7. The number of carbonyl (C=O) groups is 1. The Morgan fingerprint density at radius 3 is 0.759 bits per heavy atom. The summed E-state index contributed by atoms with van der Waals surface area (Å²) in [7, 11) is -4.08. The molecule has 0 bridgehead atoms. The summed E-state index contributed by atoms with van der Waals surface area (Å²) in [6.45, 7) is 1.83. The van der Waals surface area contributed by atoms with Crippen molar-refractivity contribution in [2.45, 2.75) is 95.6 Å². The van der Waals surface area contributed by atoms with E-state index < -0.39 is 9.84 Å². The Morgan fingerprint density at radius 2 is 0.466 bits per heavy atom. The molecule has 0 aliphatic rings. The average Bonchev–Trinajstić information content (AvgIpc) is 0.874. The van der Waals surface area contributed by atoms with Gasteiger partial charge in [-0.1, -0.05) is 206 Å². The Hall–Kier alpha value is -8.78. The van der Waals surface area contributed by atoms with Crippen molar-refractivity contribution < 1.29 is 22.7 Å². The standard InChI is InChI=1S/C26H22IOS.C26H20IOS.C25H20IO2S2.C25H20IOS/c27-23-15-11-21(12-16-23)19-28-20-22-13-17-26(18-14-22)29(24-7-3-1-4-8-24)25-9-5-2-6-10-25;27-22-15-11-20(12-16-22)19-26(28)21-13-17-25(18-14-21)29(23-7-3-1-4-8-23)24-9-5-2-6-10-24;26-21-13-11-20(12-14-21)19-30(27,28)25-17-15-24(16-18-25)29(22-7-3-1-4-8-22)23-9-5-2-6-10-23;26-21-13-15-22(16-14-21)27-19-20-11-17-25(18-12-20)28(23-7-3-1-4-8-23)24-9-5-2-6-10-24/h1-18H,19-20H2;1-18H,19H2;1-18H,19H2;1-18H,19H2/q4*+1. The van der Waals surface area contributed by atoms with Gasteiger partial charge in [0.25, 0.3) is 0 Å². The molecule has 0 saturated carbocycles. The van der Waals surface area contributed by atoms with E-state index in [-0.39, 0.29) is 55.1 Å². The number of ether oxygens (including phenoxy) is 2. The molecule has 0 radical (unpaired) electrons. The van der Waals surface area contributed by atoms with Crippen molar-refractivity contribution in [3.63, 3.8) is 0 Å². The average molecular weight is 2060 g/mol. The molecule has 0 aliphatic heterocycles. The molecule has 0 aromatic heterocycles. The monoisotopic (exact) mass is 2050 g/mol. The summed E-state index contributed by atoms with van der Waals surface area (Å²) in [5.74, 6) is 1.06. The van der Waals surface area contributed by atoms with Gasteiger partial charge in [-0.25, -0.2) is 8.42 Å². The first-order valence-electron chi connectivity index (χ1n) is 37.5. The van der Waals surface area contributed by atoms with Crippen LogP contribution in [0.1, 0.15) is 38.2 Å². The van der Waals surface area contributed by atoms with E-state index in [0.29, 0.717) is 31.1 Å². The van der Waals surface area contributed by atoms with E-state index in [0.717, 1.165) is 30.9 Å². The number of Topliss-reactive ketones (excluding diaryl/α,β-unsaturated/α-hetero) is 1. The number of benzene rings is 16. The van der Waals surface area contributed by atoms with Crippen LogP contribution in [-0.4, -0.2) is 14.2 Å². The zero-order chi connectivity index (χ0) is 80.1. The molecular formula is C102H82I4O5S5+4. The fraction of sp³-hybridized carbons (Fsp3) is 0.0490. The molecule has 0 saturated heterocycles. The fourth-order valence-corrected chi connectivity index (χ4v) is 23.5. The number of halogens is 4. The van der Waals surface area contributed by atoms with Gasteiger partial charge in [0, 0.05) is 26.3 Å². The lowest BCUT2D eigenvalue weighted by Gasteiger charge is -2.09. The molecule has 0 spiro atoms. The zero-order valence-corrected chi connectivity index (χ0v) is 75.9. The number of ketones is 1. The van der Waals surface area contributed by atoms with E-state index in [4.69, 9.17) is 9.47 Å². The van der Waals surface area contributed by atoms with E-state index >= 15 is 0 Å². The molecule has 16 aromatic rings. The molecule has 0 atom stereocenters. The van der Waals surface area contributed by atoms with Crippen LogP contribution in [0.4, 0.5) is 0 Å². The SMILES string of the molecule is Ic1ccc(COCc2ccc([S+](c3ccccc3)c3ccccc3)cc2)cc1.Ic1ccc(OCc2ccc([S+](c3ccccc3)c3ccccc3)cc2)cc1.O=C(Cc1ccc(I)cc1)c1ccc([S+](c2ccccc2)c2ccccc2)cc1.O=S(=O)(Cc1ccc(I)cc1)c1ccc([S+](c2ccccc2)c2ccccc2)cc1. The van der Waals surface area contributed by atoms with Gasteiger partial charge < -0.3 is 9.47 Å². The second kappa shape index (κ2) is 44.1. The molecule has 0 fully saturated rings. The molecule has 0 unspecified atom stereocenters. The Balaban J connectivity index is 0.000000135. The summed E-state index contributed by atoms with van der Waals surface area (Å²) in [5, 5.41) is 0. The zero-order valence-electron chi connectivity index (χ0n) is 63.2. The summed E-state index contributed by atoms with van der Waals surface area (Å²) >= 11 is 9.11. The molecule has 0 aliphatic carbocycles. The lowest BCUT2D eigenvalue weighted by molar-refractivity contribution is 0.0992. The highest BCUT2D eigenvalue weighted by Crippen LogP contribution is 2.37. The van der Waals surface area contributed by atoms with Crippen molar-refractivity contribution >= 4 is 150 Å². The predicted octanol–water partition coefficient (Wildman–Crippen LogP) is 27.2. The van der Waals surface area contributed by atoms with Crippen molar-refractivity contribution in [2.75, 3.05) is 0 Å². The Morgan fingerprint density at radius 1 is 0.241 bits per heavy atom. The lowest BCUT2D eigenvalue weighted by Crippen LogP contribution is -2.07. The second-order valence-electron chi connectivity index (χ2n) is 26.5. The molecule has 14 heteroatoms. The molecule has 0 N–H and O–H groups in total. The van der Waals surface area contributed by atoms with Crippen molar-refractivity contribution in [2.24, 2.45) is 0 Å².